The molecule has 0 aromatic heterocycles. The van der Waals surface area contributed by atoms with Gasteiger partial charge in [-0.3, -0.25) is 0 Å². The summed E-state index contributed by atoms with van der Waals surface area (Å²) in [5.41, 5.74) is 0. The maximum absolute atomic E-state index is 9.42. The molecule has 0 unspecified atom stereocenters. The van der Waals surface area contributed by atoms with Gasteiger partial charge in [0.1, 0.15) is 0 Å². The number of rotatable bonds is 3. The number of methoxy groups -OCH3 is 1. The van der Waals surface area contributed by atoms with E-state index in [1.807, 2.05) is 36.4 Å². The fraction of sp³-hybridized carbons (Fsp3) is 0.0769. The van der Waals surface area contributed by atoms with Crippen molar-refractivity contribution in [3.8, 4) is 11.5 Å². The first-order chi connectivity index (χ1) is 8.22. The third-order valence-electron chi connectivity index (χ3n) is 2.24. The molecule has 2 rings (SSSR count). The van der Waals surface area contributed by atoms with Crippen LogP contribution in [0, 0.1) is 7.14 Å². The third kappa shape index (κ3) is 2.84. The van der Waals surface area contributed by atoms with Crippen LogP contribution in [0.5, 0.6) is 11.5 Å². The van der Waals surface area contributed by atoms with Crippen molar-refractivity contribution in [1.82, 2.24) is 0 Å². The van der Waals surface area contributed by atoms with Crippen molar-refractivity contribution in [2.24, 2.45) is 0 Å². The van der Waals surface area contributed by atoms with Crippen LogP contribution in [0.4, 0.5) is 0 Å². The van der Waals surface area contributed by atoms with E-state index in [-0.39, 0.29) is 5.75 Å². The fourth-order valence-corrected chi connectivity index (χ4v) is 5.91. The van der Waals surface area contributed by atoms with Crippen LogP contribution in [0.25, 0.3) is 0 Å². The van der Waals surface area contributed by atoms with Gasteiger partial charge < -0.3 is 0 Å². The summed E-state index contributed by atoms with van der Waals surface area (Å²) in [5, 5.41) is 9.42. The first-order valence-corrected chi connectivity index (χ1v) is 9.90. The van der Waals surface area contributed by atoms with Gasteiger partial charge in [0.15, 0.2) is 0 Å². The van der Waals surface area contributed by atoms with Gasteiger partial charge in [0, 0.05) is 0 Å². The zero-order valence-electron chi connectivity index (χ0n) is 9.23. The summed E-state index contributed by atoms with van der Waals surface area (Å²) in [4.78, 5) is 0. The van der Waals surface area contributed by atoms with Crippen LogP contribution in [0.3, 0.4) is 0 Å². The second kappa shape index (κ2) is 5.60. The number of ether oxygens (including phenoxy) is 1. The van der Waals surface area contributed by atoms with Crippen molar-refractivity contribution in [1.29, 1.82) is 0 Å². The van der Waals surface area contributed by atoms with E-state index in [2.05, 4.69) is 0 Å². The van der Waals surface area contributed by atoms with E-state index in [1.165, 1.54) is 0 Å². The summed E-state index contributed by atoms with van der Waals surface area (Å²) in [6.07, 6.45) is 0. The van der Waals surface area contributed by atoms with Crippen molar-refractivity contribution < 1.29 is 9.84 Å². The number of aromatic hydroxyl groups is 1. The molecule has 2 aromatic rings. The molecule has 0 saturated heterocycles. The SMILES string of the molecule is COc1cc(O)ccc1I(Cl)c1ccccc1. The topological polar surface area (TPSA) is 29.5 Å². The van der Waals surface area contributed by atoms with Crippen LogP contribution >= 0.6 is 27.6 Å². The first kappa shape index (κ1) is 12.5. The van der Waals surface area contributed by atoms with Gasteiger partial charge in [-0.25, -0.2) is 0 Å². The average molecular weight is 363 g/mol. The van der Waals surface area contributed by atoms with Crippen molar-refractivity contribution >= 4 is 27.6 Å². The van der Waals surface area contributed by atoms with Crippen molar-refractivity contribution in [2.45, 2.75) is 0 Å². The van der Waals surface area contributed by atoms with E-state index >= 15 is 0 Å². The molecule has 90 valence electrons. The molecule has 0 spiro atoms. The van der Waals surface area contributed by atoms with Gasteiger partial charge in [0.2, 0.25) is 0 Å². The van der Waals surface area contributed by atoms with E-state index in [1.54, 1.807) is 19.2 Å². The Morgan fingerprint density at radius 1 is 1.12 bits per heavy atom. The molecule has 0 amide bonds. The van der Waals surface area contributed by atoms with Gasteiger partial charge in [0.05, 0.1) is 0 Å². The molecular formula is C13H12ClIO2. The van der Waals surface area contributed by atoms with Crippen LogP contribution in [0.2, 0.25) is 0 Å². The van der Waals surface area contributed by atoms with Crippen LogP contribution < -0.4 is 4.74 Å². The molecule has 0 saturated carbocycles. The molecule has 1 N–H and O–H groups in total. The van der Waals surface area contributed by atoms with Crippen LogP contribution in [0.15, 0.2) is 48.5 Å². The monoisotopic (exact) mass is 362 g/mol. The van der Waals surface area contributed by atoms with E-state index in [0.29, 0.717) is 5.75 Å². The second-order valence-electron chi connectivity index (χ2n) is 3.35. The predicted molar refractivity (Wildman–Crippen MR) is 78.4 cm³/mol. The van der Waals surface area contributed by atoms with Gasteiger partial charge in [0.25, 0.3) is 0 Å². The molecule has 2 aromatic carbocycles. The predicted octanol–water partition coefficient (Wildman–Crippen LogP) is 4.10. The Morgan fingerprint density at radius 3 is 2.47 bits per heavy atom. The number of benzene rings is 2. The Kier molecular flexibility index (Phi) is 4.12. The molecule has 2 nitrogen and oxygen atoms in total. The molecule has 0 aliphatic carbocycles. The molecule has 0 aliphatic heterocycles. The Bertz CT molecular complexity index is 502. The Hall–Kier alpha value is -0.940. The summed E-state index contributed by atoms with van der Waals surface area (Å²) >= 11 is -1.95. The van der Waals surface area contributed by atoms with E-state index < -0.39 is 18.7 Å². The van der Waals surface area contributed by atoms with Gasteiger partial charge in [-0.05, 0) is 0 Å². The van der Waals surface area contributed by atoms with E-state index in [0.717, 1.165) is 7.14 Å². The molecule has 0 aliphatic rings. The Morgan fingerprint density at radius 2 is 1.82 bits per heavy atom. The molecule has 0 heterocycles. The Balaban J connectivity index is 2.40. The summed E-state index contributed by atoms with van der Waals surface area (Å²) in [7, 11) is 8.15. The summed E-state index contributed by atoms with van der Waals surface area (Å²) in [5.74, 6) is 0.855. The molecule has 4 heteroatoms. The second-order valence-corrected chi connectivity index (χ2v) is 9.03. The third-order valence-corrected chi connectivity index (χ3v) is 8.10. The fourth-order valence-electron chi connectivity index (χ4n) is 1.43. The van der Waals surface area contributed by atoms with Gasteiger partial charge in [-0.2, -0.15) is 0 Å². The molecular weight excluding hydrogens is 350 g/mol. The van der Waals surface area contributed by atoms with Gasteiger partial charge in [-0.15, -0.1) is 0 Å². The quantitative estimate of drug-likeness (QED) is 0.833. The number of hydrogen-bond donors (Lipinski definition) is 1. The first-order valence-electron chi connectivity index (χ1n) is 5.01. The van der Waals surface area contributed by atoms with Gasteiger partial charge in [-0.1, -0.05) is 0 Å². The zero-order valence-corrected chi connectivity index (χ0v) is 12.1. The summed E-state index contributed by atoms with van der Waals surface area (Å²) in [6, 6.07) is 15.1. The summed E-state index contributed by atoms with van der Waals surface area (Å²) < 4.78 is 7.42. The van der Waals surface area contributed by atoms with Crippen molar-refractivity contribution in [2.75, 3.05) is 7.11 Å². The summed E-state index contributed by atoms with van der Waals surface area (Å²) in [6.45, 7) is 0. The number of phenolic OH excluding ortho intramolecular Hbond substituents is 1. The van der Waals surface area contributed by atoms with Crippen LogP contribution in [-0.4, -0.2) is 12.2 Å². The van der Waals surface area contributed by atoms with Gasteiger partial charge >= 0.3 is 112 Å². The van der Waals surface area contributed by atoms with Crippen molar-refractivity contribution in [3.05, 3.63) is 55.7 Å². The number of phenols is 1. The minimum atomic E-state index is -1.95. The number of halogens is 2. The normalized spacial score (nSPS) is 11.1. The zero-order chi connectivity index (χ0) is 12.3. The standard InChI is InChI=1S/C13H12ClIO2/c1-17-13-9-11(16)7-8-12(13)15(14)10-5-3-2-4-6-10/h2-9,16H,1H3. The molecule has 0 bridgehead atoms. The van der Waals surface area contributed by atoms with E-state index in [9.17, 15) is 5.11 Å². The maximum atomic E-state index is 9.42. The molecule has 17 heavy (non-hydrogen) atoms. The van der Waals surface area contributed by atoms with Crippen molar-refractivity contribution in [3.63, 3.8) is 0 Å². The van der Waals surface area contributed by atoms with Crippen LogP contribution in [0.1, 0.15) is 0 Å². The van der Waals surface area contributed by atoms with Crippen LogP contribution in [-0.2, 0) is 0 Å². The average Bonchev–Trinajstić information content (AvgIpc) is 2.39. The molecule has 0 atom stereocenters. The van der Waals surface area contributed by atoms with E-state index in [4.69, 9.17) is 13.6 Å². The molecule has 0 radical (unpaired) electrons. The molecule has 0 fully saturated rings. The Labute approximate surface area is 111 Å². The minimum absolute atomic E-state index is 0.194. The number of hydrogen-bond acceptors (Lipinski definition) is 2.